The molecule has 0 amide bonds. The topological polar surface area (TPSA) is 52.6 Å². The first-order chi connectivity index (χ1) is 9.45. The Morgan fingerprint density at radius 2 is 2.05 bits per heavy atom. The third-order valence-corrected chi connectivity index (χ3v) is 5.28. The first-order valence-electron chi connectivity index (χ1n) is 8.17. The number of hydrogen-bond acceptors (Lipinski definition) is 3. The van der Waals surface area contributed by atoms with E-state index in [1.54, 1.807) is 0 Å². The van der Waals surface area contributed by atoms with Crippen molar-refractivity contribution in [2.75, 3.05) is 13.6 Å². The van der Waals surface area contributed by atoms with E-state index in [1.807, 2.05) is 13.8 Å². The van der Waals surface area contributed by atoms with Gasteiger partial charge in [-0.05, 0) is 65.5 Å². The molecular formula is C16H30N2O2. The van der Waals surface area contributed by atoms with Crippen molar-refractivity contribution in [3.8, 4) is 0 Å². The van der Waals surface area contributed by atoms with E-state index < -0.39 is 11.5 Å². The fourth-order valence-electron chi connectivity index (χ4n) is 3.89. The Kier molecular flexibility index (Phi) is 5.08. The minimum atomic E-state index is -0.686. The van der Waals surface area contributed by atoms with E-state index in [0.29, 0.717) is 0 Å². The molecule has 2 unspecified atom stereocenters. The smallest absolute Gasteiger partial charge is 0.324 e. The molecule has 2 N–H and O–H groups in total. The summed E-state index contributed by atoms with van der Waals surface area (Å²) in [4.78, 5) is 14.3. The van der Waals surface area contributed by atoms with Gasteiger partial charge in [-0.3, -0.25) is 10.1 Å². The molecule has 2 saturated carbocycles. The molecule has 0 aromatic rings. The SMILES string of the molecule is CC(C)NC1(C(=O)O)CCCC1CCN(C)C1CCC1. The highest BCUT2D eigenvalue weighted by Crippen LogP contribution is 2.39. The largest absolute Gasteiger partial charge is 0.480 e. The van der Waals surface area contributed by atoms with Crippen LogP contribution in [0.5, 0.6) is 0 Å². The summed E-state index contributed by atoms with van der Waals surface area (Å²) in [5, 5.41) is 13.1. The third-order valence-electron chi connectivity index (χ3n) is 5.28. The van der Waals surface area contributed by atoms with Gasteiger partial charge >= 0.3 is 5.97 Å². The molecular weight excluding hydrogens is 252 g/mol. The number of carbonyl (C=O) groups is 1. The fraction of sp³-hybridized carbons (Fsp3) is 0.938. The van der Waals surface area contributed by atoms with Crippen LogP contribution in [0.1, 0.15) is 58.8 Å². The van der Waals surface area contributed by atoms with Crippen LogP contribution in [0.4, 0.5) is 0 Å². The molecule has 20 heavy (non-hydrogen) atoms. The van der Waals surface area contributed by atoms with Crippen LogP contribution in [-0.2, 0) is 4.79 Å². The number of hydrogen-bond donors (Lipinski definition) is 2. The molecule has 2 rings (SSSR count). The van der Waals surface area contributed by atoms with Crippen molar-refractivity contribution in [2.45, 2.75) is 76.4 Å². The second-order valence-corrected chi connectivity index (χ2v) is 7.02. The van der Waals surface area contributed by atoms with Crippen molar-refractivity contribution < 1.29 is 9.90 Å². The fourth-order valence-corrected chi connectivity index (χ4v) is 3.89. The number of carboxylic acids is 1. The molecule has 2 aliphatic carbocycles. The van der Waals surface area contributed by atoms with E-state index in [-0.39, 0.29) is 12.0 Å². The van der Waals surface area contributed by atoms with Crippen LogP contribution >= 0.6 is 0 Å². The van der Waals surface area contributed by atoms with Crippen molar-refractivity contribution in [1.82, 2.24) is 10.2 Å². The highest BCUT2D eigenvalue weighted by Gasteiger charge is 2.49. The van der Waals surface area contributed by atoms with Crippen LogP contribution < -0.4 is 5.32 Å². The van der Waals surface area contributed by atoms with E-state index in [0.717, 1.165) is 38.3 Å². The molecule has 0 aliphatic heterocycles. The van der Waals surface area contributed by atoms with Crippen LogP contribution in [0.3, 0.4) is 0 Å². The summed E-state index contributed by atoms with van der Waals surface area (Å²) in [6.07, 6.45) is 7.84. The Morgan fingerprint density at radius 3 is 2.55 bits per heavy atom. The van der Waals surface area contributed by atoms with Crippen LogP contribution in [0.15, 0.2) is 0 Å². The van der Waals surface area contributed by atoms with Gasteiger partial charge in [-0.2, -0.15) is 0 Å². The predicted octanol–water partition coefficient (Wildman–Crippen LogP) is 2.48. The van der Waals surface area contributed by atoms with E-state index in [2.05, 4.69) is 17.3 Å². The number of nitrogens with one attached hydrogen (secondary N) is 1. The van der Waals surface area contributed by atoms with Crippen LogP contribution in [0, 0.1) is 5.92 Å². The average Bonchev–Trinajstić information content (AvgIpc) is 2.67. The van der Waals surface area contributed by atoms with Crippen molar-refractivity contribution in [1.29, 1.82) is 0 Å². The number of rotatable bonds is 7. The maximum atomic E-state index is 11.8. The standard InChI is InChI=1S/C16H30N2O2/c1-12(2)17-16(15(19)20)10-5-6-13(16)9-11-18(3)14-7-4-8-14/h12-14,17H,4-11H2,1-3H3,(H,19,20). The number of aliphatic carboxylic acids is 1. The summed E-state index contributed by atoms with van der Waals surface area (Å²) in [5.74, 6) is -0.384. The molecule has 0 aromatic heterocycles. The third kappa shape index (κ3) is 3.17. The van der Waals surface area contributed by atoms with Crippen LogP contribution in [0.2, 0.25) is 0 Å². The second-order valence-electron chi connectivity index (χ2n) is 7.02. The summed E-state index contributed by atoms with van der Waals surface area (Å²) < 4.78 is 0. The lowest BCUT2D eigenvalue weighted by Gasteiger charge is -2.38. The molecule has 0 spiro atoms. The molecule has 4 nitrogen and oxygen atoms in total. The minimum absolute atomic E-state index is 0.219. The van der Waals surface area contributed by atoms with Gasteiger partial charge in [0, 0.05) is 12.1 Å². The van der Waals surface area contributed by atoms with Crippen molar-refractivity contribution in [3.05, 3.63) is 0 Å². The van der Waals surface area contributed by atoms with Gasteiger partial charge in [0.05, 0.1) is 0 Å². The van der Waals surface area contributed by atoms with E-state index in [4.69, 9.17) is 0 Å². The van der Waals surface area contributed by atoms with Gasteiger partial charge in [-0.15, -0.1) is 0 Å². The van der Waals surface area contributed by atoms with Crippen LogP contribution in [0.25, 0.3) is 0 Å². The molecule has 4 heteroatoms. The molecule has 0 radical (unpaired) electrons. The lowest BCUT2D eigenvalue weighted by Crippen LogP contribution is -2.57. The second kappa shape index (κ2) is 6.44. The first kappa shape index (κ1) is 15.8. The molecule has 0 bridgehead atoms. The Balaban J connectivity index is 1.95. The maximum absolute atomic E-state index is 11.8. The van der Waals surface area contributed by atoms with Gasteiger partial charge in [0.25, 0.3) is 0 Å². The summed E-state index contributed by atoms with van der Waals surface area (Å²) in [6, 6.07) is 0.963. The van der Waals surface area contributed by atoms with E-state index >= 15 is 0 Å². The Morgan fingerprint density at radius 1 is 1.35 bits per heavy atom. The molecule has 0 heterocycles. The number of nitrogens with zero attached hydrogens (tertiary/aromatic N) is 1. The Hall–Kier alpha value is -0.610. The molecule has 2 aliphatic rings. The highest BCUT2D eigenvalue weighted by atomic mass is 16.4. The molecule has 0 saturated heterocycles. The van der Waals surface area contributed by atoms with Crippen molar-refractivity contribution >= 4 is 5.97 Å². The van der Waals surface area contributed by atoms with Gasteiger partial charge < -0.3 is 10.0 Å². The van der Waals surface area contributed by atoms with E-state index in [1.165, 1.54) is 19.3 Å². The highest BCUT2D eigenvalue weighted by molar-refractivity contribution is 5.79. The zero-order valence-electron chi connectivity index (χ0n) is 13.2. The lowest BCUT2D eigenvalue weighted by molar-refractivity contribution is -0.147. The summed E-state index contributed by atoms with van der Waals surface area (Å²) in [5.41, 5.74) is -0.686. The minimum Gasteiger partial charge on any atom is -0.480 e. The first-order valence-corrected chi connectivity index (χ1v) is 8.17. The van der Waals surface area contributed by atoms with Crippen LogP contribution in [-0.4, -0.2) is 47.2 Å². The average molecular weight is 282 g/mol. The number of carboxylic acid groups (broad SMARTS) is 1. The van der Waals surface area contributed by atoms with E-state index in [9.17, 15) is 9.90 Å². The molecule has 0 aromatic carbocycles. The van der Waals surface area contributed by atoms with Gasteiger partial charge in [0.1, 0.15) is 5.54 Å². The molecule has 116 valence electrons. The summed E-state index contributed by atoms with van der Waals surface area (Å²) in [7, 11) is 2.19. The zero-order valence-corrected chi connectivity index (χ0v) is 13.2. The Labute approximate surface area is 122 Å². The zero-order chi connectivity index (χ0) is 14.8. The molecule has 2 fully saturated rings. The summed E-state index contributed by atoms with van der Waals surface area (Å²) in [6.45, 7) is 5.12. The predicted molar refractivity (Wildman–Crippen MR) is 80.9 cm³/mol. The van der Waals surface area contributed by atoms with Crippen molar-refractivity contribution in [3.63, 3.8) is 0 Å². The monoisotopic (exact) mass is 282 g/mol. The Bertz CT molecular complexity index is 341. The van der Waals surface area contributed by atoms with Gasteiger partial charge in [0.15, 0.2) is 0 Å². The maximum Gasteiger partial charge on any atom is 0.324 e. The normalized spacial score (nSPS) is 30.9. The molecule has 2 atom stereocenters. The van der Waals surface area contributed by atoms with Gasteiger partial charge in [-0.25, -0.2) is 0 Å². The lowest BCUT2D eigenvalue weighted by atomic mass is 9.83. The van der Waals surface area contributed by atoms with Crippen molar-refractivity contribution in [2.24, 2.45) is 5.92 Å². The van der Waals surface area contributed by atoms with Gasteiger partial charge in [-0.1, -0.05) is 12.8 Å². The van der Waals surface area contributed by atoms with Gasteiger partial charge in [0.2, 0.25) is 0 Å². The quantitative estimate of drug-likeness (QED) is 0.753. The summed E-state index contributed by atoms with van der Waals surface area (Å²) >= 11 is 0.